The number of aromatic nitrogens is 2. The Morgan fingerprint density at radius 1 is 1.40 bits per heavy atom. The number of halogens is 1. The van der Waals surface area contributed by atoms with Gasteiger partial charge in [0.1, 0.15) is 5.82 Å². The number of thioether (sulfide) groups is 1. The fourth-order valence-corrected chi connectivity index (χ4v) is 2.52. The highest BCUT2D eigenvalue weighted by atomic mass is 32.2. The van der Waals surface area contributed by atoms with Crippen molar-refractivity contribution in [1.29, 1.82) is 5.26 Å². The number of carbonyl (C=O) groups is 2. The molecule has 0 radical (unpaired) electrons. The number of nitrogens with one attached hydrogen (secondary N) is 1. The van der Waals surface area contributed by atoms with Gasteiger partial charge in [0.05, 0.1) is 18.7 Å². The molecule has 1 N–H and O–H groups in total. The van der Waals surface area contributed by atoms with Crippen LogP contribution in [0.1, 0.15) is 16.9 Å². The van der Waals surface area contributed by atoms with Gasteiger partial charge in [-0.25, -0.2) is 14.2 Å². The predicted octanol–water partition coefficient (Wildman–Crippen LogP) is 1.92. The summed E-state index contributed by atoms with van der Waals surface area (Å²) < 4.78 is 19.6. The lowest BCUT2D eigenvalue weighted by Gasteiger charge is -2.11. The van der Waals surface area contributed by atoms with Crippen molar-refractivity contribution in [1.82, 2.24) is 14.9 Å². The van der Waals surface area contributed by atoms with Crippen LogP contribution >= 0.6 is 11.8 Å². The maximum atomic E-state index is 13.1. The molecule has 0 fully saturated rings. The van der Waals surface area contributed by atoms with Gasteiger partial charge in [-0.2, -0.15) is 5.26 Å². The first kappa shape index (κ1) is 18.5. The summed E-state index contributed by atoms with van der Waals surface area (Å²) in [5.41, 5.74) is 0.675. The van der Waals surface area contributed by atoms with Crippen molar-refractivity contribution in [2.24, 2.45) is 0 Å². The lowest BCUT2D eigenvalue weighted by molar-refractivity contribution is -0.124. The molecule has 0 bridgehead atoms. The number of rotatable bonds is 7. The lowest BCUT2D eigenvalue weighted by Crippen LogP contribution is -2.29. The molecule has 2 rings (SSSR count). The summed E-state index contributed by atoms with van der Waals surface area (Å²) in [4.78, 5) is 27.9. The minimum absolute atomic E-state index is 0.126. The van der Waals surface area contributed by atoms with Gasteiger partial charge in [-0.1, -0.05) is 11.8 Å². The average Bonchev–Trinajstić information content (AvgIpc) is 3.04. The zero-order valence-electron chi connectivity index (χ0n) is 13.4. The van der Waals surface area contributed by atoms with Crippen LogP contribution in [0.2, 0.25) is 0 Å². The van der Waals surface area contributed by atoms with Crippen LogP contribution in [0.5, 0.6) is 0 Å². The van der Waals surface area contributed by atoms with Crippen molar-refractivity contribution in [3.63, 3.8) is 0 Å². The molecular formula is C16H15FN4O3S. The maximum Gasteiger partial charge on any atom is 0.357 e. The van der Waals surface area contributed by atoms with Gasteiger partial charge in [-0.3, -0.25) is 9.36 Å². The molecule has 0 saturated carbocycles. The molecule has 0 aliphatic heterocycles. The van der Waals surface area contributed by atoms with Crippen LogP contribution in [0.15, 0.2) is 35.6 Å². The van der Waals surface area contributed by atoms with E-state index < -0.39 is 24.3 Å². The molecule has 7 nitrogen and oxygen atoms in total. The summed E-state index contributed by atoms with van der Waals surface area (Å²) in [6.07, 6.45) is 3.30. The van der Waals surface area contributed by atoms with Crippen molar-refractivity contribution >= 4 is 23.6 Å². The van der Waals surface area contributed by atoms with E-state index in [-0.39, 0.29) is 18.7 Å². The van der Waals surface area contributed by atoms with E-state index in [9.17, 15) is 14.0 Å². The second kappa shape index (κ2) is 8.84. The number of hydrogen-bond donors (Lipinski definition) is 1. The molecule has 0 spiro atoms. The van der Waals surface area contributed by atoms with E-state index in [1.54, 1.807) is 6.26 Å². The van der Waals surface area contributed by atoms with Gasteiger partial charge in [0, 0.05) is 12.2 Å². The molecule has 9 heteroatoms. The first-order chi connectivity index (χ1) is 12.1. The fraction of sp³-hybridized carbons (Fsp3) is 0.250. The molecule has 0 unspecified atom stereocenters. The fourth-order valence-electron chi connectivity index (χ4n) is 1.98. The minimum atomic E-state index is -0.729. The highest BCUT2D eigenvalue weighted by Gasteiger charge is 2.20. The molecule has 1 aromatic heterocycles. The normalized spacial score (nSPS) is 10.1. The molecule has 0 saturated heterocycles. The van der Waals surface area contributed by atoms with E-state index in [4.69, 9.17) is 10.00 Å². The maximum absolute atomic E-state index is 13.1. The second-order valence-corrected chi connectivity index (χ2v) is 5.55. The van der Waals surface area contributed by atoms with E-state index in [2.05, 4.69) is 10.3 Å². The number of hydrogen-bond acceptors (Lipinski definition) is 6. The van der Waals surface area contributed by atoms with Gasteiger partial charge in [0.2, 0.25) is 0 Å². The molecule has 0 atom stereocenters. The Labute approximate surface area is 147 Å². The van der Waals surface area contributed by atoms with E-state index in [1.807, 2.05) is 6.07 Å². The van der Waals surface area contributed by atoms with Gasteiger partial charge in [-0.15, -0.1) is 0 Å². The monoisotopic (exact) mass is 362 g/mol. The van der Waals surface area contributed by atoms with Crippen LogP contribution in [0.3, 0.4) is 0 Å². The molecule has 1 amide bonds. The molecule has 1 heterocycles. The largest absolute Gasteiger partial charge is 0.451 e. The predicted molar refractivity (Wildman–Crippen MR) is 88.8 cm³/mol. The highest BCUT2D eigenvalue weighted by Crippen LogP contribution is 2.22. The van der Waals surface area contributed by atoms with Crippen molar-refractivity contribution in [2.45, 2.75) is 11.6 Å². The number of nitriles is 1. The number of carbonyl (C=O) groups excluding carboxylic acids is 2. The zero-order valence-corrected chi connectivity index (χ0v) is 14.2. The van der Waals surface area contributed by atoms with Gasteiger partial charge in [-0.05, 0) is 30.5 Å². The molecular weight excluding hydrogens is 347 g/mol. The average molecular weight is 362 g/mol. The smallest absolute Gasteiger partial charge is 0.357 e. The number of ether oxygens (including phenoxy) is 1. The van der Waals surface area contributed by atoms with Gasteiger partial charge < -0.3 is 10.1 Å². The molecule has 2 aromatic rings. The van der Waals surface area contributed by atoms with Crippen LogP contribution in [0, 0.1) is 17.1 Å². The number of esters is 1. The summed E-state index contributed by atoms with van der Waals surface area (Å²) in [7, 11) is 0. The van der Waals surface area contributed by atoms with E-state index in [0.29, 0.717) is 10.8 Å². The van der Waals surface area contributed by atoms with Crippen LogP contribution in [-0.2, 0) is 9.53 Å². The highest BCUT2D eigenvalue weighted by molar-refractivity contribution is 7.98. The first-order valence-electron chi connectivity index (χ1n) is 7.25. The van der Waals surface area contributed by atoms with Crippen LogP contribution in [-0.4, -0.2) is 40.8 Å². The first-order valence-corrected chi connectivity index (χ1v) is 8.47. The van der Waals surface area contributed by atoms with E-state index >= 15 is 0 Å². The number of amides is 1. The third-order valence-electron chi connectivity index (χ3n) is 3.10. The Balaban J connectivity index is 2.12. The minimum Gasteiger partial charge on any atom is -0.451 e. The molecule has 130 valence electrons. The molecule has 0 aliphatic carbocycles. The van der Waals surface area contributed by atoms with Gasteiger partial charge >= 0.3 is 5.97 Å². The quantitative estimate of drug-likeness (QED) is 0.459. The molecule has 25 heavy (non-hydrogen) atoms. The standard InChI is InChI=1S/C16H15FN4O3S/c1-25-16-20-9-13(21(16)12-5-3-11(17)4-6-12)15(23)24-10-14(22)19-8-2-7-18/h3-6,9H,2,8,10H2,1H3,(H,19,22). The third-order valence-corrected chi connectivity index (χ3v) is 3.75. The Kier molecular flexibility index (Phi) is 6.54. The van der Waals surface area contributed by atoms with Crippen LogP contribution < -0.4 is 5.32 Å². The number of nitrogens with zero attached hydrogens (tertiary/aromatic N) is 3. The molecule has 1 aromatic carbocycles. The van der Waals surface area contributed by atoms with Crippen molar-refractivity contribution in [3.05, 3.63) is 42.0 Å². The third kappa shape index (κ3) is 4.81. The van der Waals surface area contributed by atoms with Gasteiger partial charge in [0.25, 0.3) is 5.91 Å². The lowest BCUT2D eigenvalue weighted by atomic mass is 10.3. The van der Waals surface area contributed by atoms with Gasteiger partial charge in [0.15, 0.2) is 17.5 Å². The Hall–Kier alpha value is -2.86. The van der Waals surface area contributed by atoms with Crippen molar-refractivity contribution in [2.75, 3.05) is 19.4 Å². The molecule has 0 aliphatic rings. The zero-order chi connectivity index (χ0) is 18.2. The summed E-state index contributed by atoms with van der Waals surface area (Å²) in [5.74, 6) is -1.62. The van der Waals surface area contributed by atoms with E-state index in [0.717, 1.165) is 0 Å². The second-order valence-electron chi connectivity index (χ2n) is 4.78. The van der Waals surface area contributed by atoms with Crippen LogP contribution in [0.4, 0.5) is 4.39 Å². The summed E-state index contributed by atoms with van der Waals surface area (Å²) in [6.45, 7) is -0.273. The summed E-state index contributed by atoms with van der Waals surface area (Å²) in [6, 6.07) is 7.47. The van der Waals surface area contributed by atoms with E-state index in [1.165, 1.54) is 46.8 Å². The van der Waals surface area contributed by atoms with Crippen molar-refractivity contribution < 1.29 is 18.7 Å². The topological polar surface area (TPSA) is 97.0 Å². The SMILES string of the molecule is CSc1ncc(C(=O)OCC(=O)NCCC#N)n1-c1ccc(F)cc1. The number of benzene rings is 1. The van der Waals surface area contributed by atoms with Crippen LogP contribution in [0.25, 0.3) is 5.69 Å². The summed E-state index contributed by atoms with van der Waals surface area (Å²) >= 11 is 1.31. The van der Waals surface area contributed by atoms with Crippen molar-refractivity contribution in [3.8, 4) is 11.8 Å². The Bertz CT molecular complexity index is 799. The summed E-state index contributed by atoms with van der Waals surface area (Å²) in [5, 5.41) is 11.4. The Morgan fingerprint density at radius 2 is 2.12 bits per heavy atom. The Morgan fingerprint density at radius 3 is 2.76 bits per heavy atom. The number of imidazole rings is 1.